The number of methoxy groups -OCH3 is 1. The summed E-state index contributed by atoms with van der Waals surface area (Å²) < 4.78 is 12.7. The van der Waals surface area contributed by atoms with E-state index in [-0.39, 0.29) is 5.91 Å². The van der Waals surface area contributed by atoms with Crippen LogP contribution in [0, 0.1) is 0 Å². The van der Waals surface area contributed by atoms with Crippen LogP contribution < -0.4 is 14.8 Å². The van der Waals surface area contributed by atoms with Crippen LogP contribution in [0.25, 0.3) is 5.69 Å². The predicted molar refractivity (Wildman–Crippen MR) is 98.5 cm³/mol. The molecule has 0 bridgehead atoms. The number of imidazole rings is 1. The van der Waals surface area contributed by atoms with E-state index in [4.69, 9.17) is 9.47 Å². The number of carbonyl (C=O) groups excluding carboxylic acids is 1. The SMILES string of the molecule is COc1ccc(O[C@H](C)C(=O)NCc2ccccc2-n2ccnc2)cc1. The van der Waals surface area contributed by atoms with E-state index in [0.717, 1.165) is 17.0 Å². The van der Waals surface area contributed by atoms with Crippen molar-refractivity contribution in [3.05, 3.63) is 72.8 Å². The topological polar surface area (TPSA) is 65.4 Å². The second kappa shape index (κ2) is 8.20. The summed E-state index contributed by atoms with van der Waals surface area (Å²) in [7, 11) is 1.60. The highest BCUT2D eigenvalue weighted by atomic mass is 16.5. The number of aromatic nitrogens is 2. The van der Waals surface area contributed by atoms with Gasteiger partial charge in [-0.25, -0.2) is 4.98 Å². The minimum absolute atomic E-state index is 0.179. The van der Waals surface area contributed by atoms with Crippen molar-refractivity contribution in [2.24, 2.45) is 0 Å². The molecule has 0 aliphatic carbocycles. The second-order valence-corrected chi connectivity index (χ2v) is 5.75. The monoisotopic (exact) mass is 351 g/mol. The highest BCUT2D eigenvalue weighted by Gasteiger charge is 2.15. The lowest BCUT2D eigenvalue weighted by molar-refractivity contribution is -0.127. The standard InChI is InChI=1S/C20H21N3O3/c1-15(26-18-9-7-17(25-2)8-10-18)20(24)22-13-16-5-3-4-6-19(16)23-12-11-21-14-23/h3-12,14-15H,13H2,1-2H3,(H,22,24)/t15-/m1/s1. The lowest BCUT2D eigenvalue weighted by Crippen LogP contribution is -2.36. The Labute approximate surface area is 152 Å². The molecule has 1 amide bonds. The zero-order valence-corrected chi connectivity index (χ0v) is 14.8. The maximum absolute atomic E-state index is 12.4. The smallest absolute Gasteiger partial charge is 0.261 e. The van der Waals surface area contributed by atoms with Gasteiger partial charge in [0.2, 0.25) is 0 Å². The molecule has 1 aromatic heterocycles. The van der Waals surface area contributed by atoms with Crippen molar-refractivity contribution in [3.63, 3.8) is 0 Å². The molecule has 134 valence electrons. The van der Waals surface area contributed by atoms with Crippen molar-refractivity contribution in [1.29, 1.82) is 0 Å². The van der Waals surface area contributed by atoms with Crippen molar-refractivity contribution in [1.82, 2.24) is 14.9 Å². The Balaban J connectivity index is 1.60. The van der Waals surface area contributed by atoms with Crippen LogP contribution in [-0.2, 0) is 11.3 Å². The van der Waals surface area contributed by atoms with Gasteiger partial charge in [0.25, 0.3) is 5.91 Å². The van der Waals surface area contributed by atoms with Crippen molar-refractivity contribution in [3.8, 4) is 17.2 Å². The van der Waals surface area contributed by atoms with Crippen LogP contribution in [0.15, 0.2) is 67.3 Å². The summed E-state index contributed by atoms with van der Waals surface area (Å²) in [6.07, 6.45) is 4.72. The molecule has 2 aromatic carbocycles. The van der Waals surface area contributed by atoms with Gasteiger partial charge >= 0.3 is 0 Å². The number of nitrogens with zero attached hydrogens (tertiary/aromatic N) is 2. The van der Waals surface area contributed by atoms with Gasteiger partial charge in [-0.15, -0.1) is 0 Å². The molecule has 0 aliphatic heterocycles. The molecule has 6 nitrogen and oxygen atoms in total. The van der Waals surface area contributed by atoms with Crippen LogP contribution in [0.1, 0.15) is 12.5 Å². The van der Waals surface area contributed by atoms with Gasteiger partial charge in [0.15, 0.2) is 6.10 Å². The number of ether oxygens (including phenoxy) is 2. The van der Waals surface area contributed by atoms with Gasteiger partial charge < -0.3 is 19.4 Å². The molecule has 0 aliphatic rings. The molecule has 3 aromatic rings. The first-order valence-electron chi connectivity index (χ1n) is 8.32. The van der Waals surface area contributed by atoms with Gasteiger partial charge in [0.05, 0.1) is 19.1 Å². The molecule has 1 N–H and O–H groups in total. The highest BCUT2D eigenvalue weighted by Crippen LogP contribution is 2.18. The number of carbonyl (C=O) groups is 1. The number of nitrogens with one attached hydrogen (secondary N) is 1. The Bertz CT molecular complexity index is 845. The molecule has 1 atom stereocenters. The second-order valence-electron chi connectivity index (χ2n) is 5.75. The number of rotatable bonds is 7. The van der Waals surface area contributed by atoms with E-state index < -0.39 is 6.10 Å². The van der Waals surface area contributed by atoms with Crippen molar-refractivity contribution < 1.29 is 14.3 Å². The quantitative estimate of drug-likeness (QED) is 0.711. The molecule has 0 unspecified atom stereocenters. The summed E-state index contributed by atoms with van der Waals surface area (Å²) in [6, 6.07) is 15.0. The number of hydrogen-bond donors (Lipinski definition) is 1. The number of amides is 1. The molecule has 0 spiro atoms. The van der Waals surface area contributed by atoms with Gasteiger partial charge in [-0.3, -0.25) is 4.79 Å². The maximum Gasteiger partial charge on any atom is 0.261 e. The van der Waals surface area contributed by atoms with Crippen LogP contribution in [0.5, 0.6) is 11.5 Å². The fraction of sp³-hybridized carbons (Fsp3) is 0.200. The lowest BCUT2D eigenvalue weighted by Gasteiger charge is -2.16. The van der Waals surface area contributed by atoms with Crippen LogP contribution in [0.3, 0.4) is 0 Å². The van der Waals surface area contributed by atoms with Crippen LogP contribution >= 0.6 is 0 Å². The minimum atomic E-state index is -0.608. The summed E-state index contributed by atoms with van der Waals surface area (Å²) in [4.78, 5) is 16.4. The third-order valence-corrected chi connectivity index (χ3v) is 3.97. The van der Waals surface area contributed by atoms with Gasteiger partial charge in [0.1, 0.15) is 11.5 Å². The third-order valence-electron chi connectivity index (χ3n) is 3.97. The van der Waals surface area contributed by atoms with E-state index >= 15 is 0 Å². The van der Waals surface area contributed by atoms with E-state index in [9.17, 15) is 4.79 Å². The maximum atomic E-state index is 12.4. The van der Waals surface area contributed by atoms with Crippen LogP contribution in [0.2, 0.25) is 0 Å². The summed E-state index contributed by atoms with van der Waals surface area (Å²) >= 11 is 0. The van der Waals surface area contributed by atoms with Crippen LogP contribution in [0.4, 0.5) is 0 Å². The molecule has 0 radical (unpaired) electrons. The highest BCUT2D eigenvalue weighted by molar-refractivity contribution is 5.80. The molecule has 0 saturated carbocycles. The van der Waals surface area contributed by atoms with E-state index in [1.54, 1.807) is 50.8 Å². The fourth-order valence-corrected chi connectivity index (χ4v) is 2.55. The number of para-hydroxylation sites is 1. The normalized spacial score (nSPS) is 11.6. The lowest BCUT2D eigenvalue weighted by atomic mass is 10.1. The Kier molecular flexibility index (Phi) is 5.53. The Hall–Kier alpha value is -3.28. The predicted octanol–water partition coefficient (Wildman–Crippen LogP) is 2.96. The van der Waals surface area contributed by atoms with Gasteiger partial charge in [-0.05, 0) is 42.8 Å². The van der Waals surface area contributed by atoms with E-state index in [0.29, 0.717) is 12.3 Å². The molecular weight excluding hydrogens is 330 g/mol. The number of hydrogen-bond acceptors (Lipinski definition) is 4. The van der Waals surface area contributed by atoms with Crippen molar-refractivity contribution in [2.75, 3.05) is 7.11 Å². The van der Waals surface area contributed by atoms with E-state index in [1.807, 2.05) is 35.0 Å². The van der Waals surface area contributed by atoms with Crippen molar-refractivity contribution in [2.45, 2.75) is 19.6 Å². The zero-order chi connectivity index (χ0) is 18.4. The van der Waals surface area contributed by atoms with Gasteiger partial charge in [-0.1, -0.05) is 18.2 Å². The third kappa shape index (κ3) is 4.22. The number of benzene rings is 2. The first kappa shape index (κ1) is 17.5. The first-order valence-corrected chi connectivity index (χ1v) is 8.32. The molecular formula is C20H21N3O3. The van der Waals surface area contributed by atoms with Crippen LogP contribution in [-0.4, -0.2) is 28.7 Å². The Morgan fingerprint density at radius 3 is 2.58 bits per heavy atom. The molecule has 0 fully saturated rings. The largest absolute Gasteiger partial charge is 0.497 e. The molecule has 0 saturated heterocycles. The van der Waals surface area contributed by atoms with E-state index in [1.165, 1.54) is 0 Å². The van der Waals surface area contributed by atoms with Crippen molar-refractivity contribution >= 4 is 5.91 Å². The van der Waals surface area contributed by atoms with E-state index in [2.05, 4.69) is 10.3 Å². The average molecular weight is 351 g/mol. The average Bonchev–Trinajstić information content (AvgIpc) is 3.21. The summed E-state index contributed by atoms with van der Waals surface area (Å²) in [6.45, 7) is 2.13. The minimum Gasteiger partial charge on any atom is -0.497 e. The Morgan fingerprint density at radius 2 is 1.88 bits per heavy atom. The fourth-order valence-electron chi connectivity index (χ4n) is 2.55. The van der Waals surface area contributed by atoms with Gasteiger partial charge in [-0.2, -0.15) is 0 Å². The van der Waals surface area contributed by atoms with Gasteiger partial charge in [0, 0.05) is 18.9 Å². The molecule has 1 heterocycles. The summed E-state index contributed by atoms with van der Waals surface area (Å²) in [5.74, 6) is 1.18. The molecule has 26 heavy (non-hydrogen) atoms. The Morgan fingerprint density at radius 1 is 1.15 bits per heavy atom. The molecule has 6 heteroatoms. The zero-order valence-electron chi connectivity index (χ0n) is 14.8. The summed E-state index contributed by atoms with van der Waals surface area (Å²) in [5.41, 5.74) is 1.98. The molecule has 3 rings (SSSR count). The first-order chi connectivity index (χ1) is 12.7. The summed E-state index contributed by atoms with van der Waals surface area (Å²) in [5, 5.41) is 2.92.